The molecule has 1 aromatic carbocycles. The predicted octanol–water partition coefficient (Wildman–Crippen LogP) is 2.58. The Morgan fingerprint density at radius 2 is 2.05 bits per heavy atom. The molecule has 1 aromatic heterocycles. The van der Waals surface area contributed by atoms with Gasteiger partial charge in [-0.25, -0.2) is 19.2 Å². The molecule has 0 unspecified atom stereocenters. The standard InChI is InChI=1S/C11H10BrClN4O2S/c12-7-3-4-9(8(13)6-7)17-20(18,19)10-2-1-5-15-11(10)16-14/h1-6,17H,14H2,(H,15,16). The molecule has 9 heteroatoms. The van der Waals surface area contributed by atoms with Gasteiger partial charge in [-0.1, -0.05) is 27.5 Å². The van der Waals surface area contributed by atoms with Crippen LogP contribution in [0, 0.1) is 0 Å². The number of nitrogens with zero attached hydrogens (tertiary/aromatic N) is 1. The van der Waals surface area contributed by atoms with Gasteiger partial charge in [0.15, 0.2) is 5.82 Å². The molecule has 0 amide bonds. The van der Waals surface area contributed by atoms with Crippen LogP contribution in [0.25, 0.3) is 0 Å². The maximum atomic E-state index is 12.3. The summed E-state index contributed by atoms with van der Waals surface area (Å²) in [7, 11) is -3.85. The molecule has 2 rings (SSSR count). The number of halogens is 2. The molecule has 1 heterocycles. The molecule has 0 saturated carbocycles. The van der Waals surface area contributed by atoms with Gasteiger partial charge in [-0.3, -0.25) is 4.72 Å². The number of anilines is 2. The monoisotopic (exact) mass is 376 g/mol. The van der Waals surface area contributed by atoms with Gasteiger partial charge in [0.05, 0.1) is 10.7 Å². The zero-order valence-electron chi connectivity index (χ0n) is 9.97. The van der Waals surface area contributed by atoms with E-state index in [0.717, 1.165) is 4.47 Å². The first-order valence-corrected chi connectivity index (χ1v) is 7.99. The summed E-state index contributed by atoms with van der Waals surface area (Å²) < 4.78 is 27.7. The van der Waals surface area contributed by atoms with Gasteiger partial charge in [-0.15, -0.1) is 0 Å². The Labute approximate surface area is 129 Å². The number of nitrogens with one attached hydrogen (secondary N) is 2. The van der Waals surface area contributed by atoms with Crippen molar-refractivity contribution in [3.8, 4) is 0 Å². The molecule has 0 aliphatic heterocycles. The minimum absolute atomic E-state index is 0.0493. The number of aromatic nitrogens is 1. The average molecular weight is 378 g/mol. The number of nitrogens with two attached hydrogens (primary N) is 1. The number of hydrazine groups is 1. The second kappa shape index (κ2) is 5.96. The maximum absolute atomic E-state index is 12.3. The molecule has 0 saturated heterocycles. The number of pyridine rings is 1. The van der Waals surface area contributed by atoms with Crippen LogP contribution in [-0.2, 0) is 10.0 Å². The highest BCUT2D eigenvalue weighted by atomic mass is 79.9. The van der Waals surface area contributed by atoms with Gasteiger partial charge in [-0.2, -0.15) is 0 Å². The predicted molar refractivity (Wildman–Crippen MR) is 82.0 cm³/mol. The van der Waals surface area contributed by atoms with E-state index in [1.54, 1.807) is 18.2 Å². The van der Waals surface area contributed by atoms with Crippen LogP contribution in [0.4, 0.5) is 11.5 Å². The lowest BCUT2D eigenvalue weighted by atomic mass is 10.3. The van der Waals surface area contributed by atoms with Gasteiger partial charge < -0.3 is 5.43 Å². The molecule has 2 aromatic rings. The molecule has 0 radical (unpaired) electrons. The third-order valence-electron chi connectivity index (χ3n) is 2.37. The summed E-state index contributed by atoms with van der Waals surface area (Å²) in [5, 5.41) is 0.272. The summed E-state index contributed by atoms with van der Waals surface area (Å²) in [6.45, 7) is 0. The van der Waals surface area contributed by atoms with Crippen LogP contribution in [0.2, 0.25) is 5.02 Å². The molecular weight excluding hydrogens is 368 g/mol. The van der Waals surface area contributed by atoms with E-state index >= 15 is 0 Å². The van der Waals surface area contributed by atoms with Crippen molar-refractivity contribution in [2.45, 2.75) is 4.90 Å². The van der Waals surface area contributed by atoms with Crippen LogP contribution >= 0.6 is 27.5 Å². The SMILES string of the molecule is NNc1ncccc1S(=O)(=O)Nc1ccc(Br)cc1Cl. The molecule has 4 N–H and O–H groups in total. The van der Waals surface area contributed by atoms with Gasteiger partial charge in [0.1, 0.15) is 4.90 Å². The zero-order chi connectivity index (χ0) is 14.8. The Bertz CT molecular complexity index is 739. The van der Waals surface area contributed by atoms with Crippen LogP contribution in [0.15, 0.2) is 45.9 Å². The van der Waals surface area contributed by atoms with E-state index < -0.39 is 10.0 Å². The second-order valence-electron chi connectivity index (χ2n) is 3.72. The van der Waals surface area contributed by atoms with Crippen LogP contribution in [0.5, 0.6) is 0 Å². The van der Waals surface area contributed by atoms with Crippen LogP contribution in [0.1, 0.15) is 0 Å². The fraction of sp³-hybridized carbons (Fsp3) is 0. The van der Waals surface area contributed by atoms with Crippen LogP contribution < -0.4 is 16.0 Å². The van der Waals surface area contributed by atoms with Gasteiger partial charge in [-0.05, 0) is 30.3 Å². The molecule has 0 spiro atoms. The fourth-order valence-corrected chi connectivity index (χ4v) is 3.47. The van der Waals surface area contributed by atoms with Crippen LogP contribution in [-0.4, -0.2) is 13.4 Å². The lowest BCUT2D eigenvalue weighted by molar-refractivity contribution is 0.601. The largest absolute Gasteiger partial charge is 0.307 e. The first-order chi connectivity index (χ1) is 9.44. The molecule has 106 valence electrons. The Kier molecular flexibility index (Phi) is 4.48. The van der Waals surface area contributed by atoms with E-state index in [9.17, 15) is 8.42 Å². The lowest BCUT2D eigenvalue weighted by Crippen LogP contribution is -2.18. The zero-order valence-corrected chi connectivity index (χ0v) is 13.1. The number of hydrogen-bond donors (Lipinski definition) is 3. The molecule has 20 heavy (non-hydrogen) atoms. The van der Waals surface area contributed by atoms with E-state index in [1.807, 2.05) is 0 Å². The molecule has 0 aliphatic rings. The summed E-state index contributed by atoms with van der Waals surface area (Å²) in [5.74, 6) is 5.30. The van der Waals surface area contributed by atoms with E-state index in [2.05, 4.69) is 31.1 Å². The van der Waals surface area contributed by atoms with Gasteiger partial charge >= 0.3 is 0 Å². The molecule has 0 aliphatic carbocycles. The summed E-state index contributed by atoms with van der Waals surface area (Å²) in [6, 6.07) is 7.70. The van der Waals surface area contributed by atoms with E-state index in [-0.39, 0.29) is 21.4 Å². The highest BCUT2D eigenvalue weighted by Gasteiger charge is 2.20. The smallest absolute Gasteiger partial charge is 0.265 e. The number of nitrogen functional groups attached to an aromatic ring is 1. The highest BCUT2D eigenvalue weighted by Crippen LogP contribution is 2.28. The summed E-state index contributed by atoms with van der Waals surface area (Å²) in [5.41, 5.74) is 2.51. The van der Waals surface area contributed by atoms with E-state index in [0.29, 0.717) is 0 Å². The van der Waals surface area contributed by atoms with Crippen molar-refractivity contribution in [2.24, 2.45) is 5.84 Å². The first-order valence-electron chi connectivity index (χ1n) is 5.33. The van der Waals surface area contributed by atoms with Gasteiger partial charge in [0.2, 0.25) is 0 Å². The average Bonchev–Trinajstić information content (AvgIpc) is 2.42. The van der Waals surface area contributed by atoms with Crippen molar-refractivity contribution in [3.05, 3.63) is 46.0 Å². The van der Waals surface area contributed by atoms with Crippen molar-refractivity contribution in [2.75, 3.05) is 10.1 Å². The van der Waals surface area contributed by atoms with Gasteiger partial charge in [0.25, 0.3) is 10.0 Å². The highest BCUT2D eigenvalue weighted by molar-refractivity contribution is 9.10. The topological polar surface area (TPSA) is 97.1 Å². The Hall–Kier alpha value is -1.35. The minimum atomic E-state index is -3.85. The molecule has 0 fully saturated rings. The number of benzene rings is 1. The van der Waals surface area contributed by atoms with Crippen LogP contribution in [0.3, 0.4) is 0 Å². The Morgan fingerprint density at radius 3 is 2.70 bits per heavy atom. The minimum Gasteiger partial charge on any atom is -0.307 e. The fourth-order valence-electron chi connectivity index (χ4n) is 1.49. The Morgan fingerprint density at radius 1 is 1.30 bits per heavy atom. The quantitative estimate of drug-likeness (QED) is 0.562. The Balaban J connectivity index is 2.41. The van der Waals surface area contributed by atoms with Crippen molar-refractivity contribution in [1.29, 1.82) is 0 Å². The van der Waals surface area contributed by atoms with Gasteiger partial charge in [0, 0.05) is 10.7 Å². The van der Waals surface area contributed by atoms with E-state index in [4.69, 9.17) is 17.4 Å². The molecular formula is C11H10BrClN4O2S. The third kappa shape index (κ3) is 3.21. The van der Waals surface area contributed by atoms with Crippen molar-refractivity contribution < 1.29 is 8.42 Å². The first kappa shape index (κ1) is 15.0. The summed E-state index contributed by atoms with van der Waals surface area (Å²) in [6.07, 6.45) is 1.43. The molecule has 0 atom stereocenters. The number of rotatable bonds is 4. The van der Waals surface area contributed by atoms with Crippen molar-refractivity contribution in [1.82, 2.24) is 4.98 Å². The maximum Gasteiger partial charge on any atom is 0.265 e. The normalized spacial score (nSPS) is 11.2. The summed E-state index contributed by atoms with van der Waals surface area (Å²) >= 11 is 9.23. The third-order valence-corrected chi connectivity index (χ3v) is 4.58. The second-order valence-corrected chi connectivity index (χ2v) is 6.70. The van der Waals surface area contributed by atoms with E-state index in [1.165, 1.54) is 18.3 Å². The van der Waals surface area contributed by atoms with Crippen molar-refractivity contribution in [3.63, 3.8) is 0 Å². The summed E-state index contributed by atoms with van der Waals surface area (Å²) in [4.78, 5) is 3.78. The number of sulfonamides is 1. The lowest BCUT2D eigenvalue weighted by Gasteiger charge is -2.12. The van der Waals surface area contributed by atoms with Crippen molar-refractivity contribution >= 4 is 49.1 Å². The number of hydrogen-bond acceptors (Lipinski definition) is 5. The molecule has 0 bridgehead atoms. The molecule has 6 nitrogen and oxygen atoms in total.